The van der Waals surface area contributed by atoms with Crippen LogP contribution in [0.15, 0.2) is 37.1 Å². The van der Waals surface area contributed by atoms with E-state index in [1.54, 1.807) is 6.20 Å². The average Bonchev–Trinajstić information content (AvgIpc) is 2.67. The molecule has 3 heteroatoms. The summed E-state index contributed by atoms with van der Waals surface area (Å²) < 4.78 is 2.06. The first-order valence-corrected chi connectivity index (χ1v) is 4.72. The van der Waals surface area contributed by atoms with Crippen LogP contribution in [-0.2, 0) is 13.0 Å². The molecular weight excluding hydrogens is 174 g/mol. The molecule has 0 amide bonds. The second-order valence-electron chi connectivity index (χ2n) is 3.38. The molecule has 2 rings (SSSR count). The van der Waals surface area contributed by atoms with Crippen LogP contribution in [-0.4, -0.2) is 14.5 Å². The number of aryl methyl sites for hydroxylation is 3. The van der Waals surface area contributed by atoms with Crippen LogP contribution in [0.5, 0.6) is 0 Å². The highest BCUT2D eigenvalue weighted by Gasteiger charge is 1.95. The highest BCUT2D eigenvalue weighted by Crippen LogP contribution is 2.02. The number of pyridine rings is 1. The third-order valence-electron chi connectivity index (χ3n) is 2.16. The van der Waals surface area contributed by atoms with Crippen molar-refractivity contribution in [3.8, 4) is 0 Å². The Bertz CT molecular complexity index is 393. The van der Waals surface area contributed by atoms with E-state index >= 15 is 0 Å². The van der Waals surface area contributed by atoms with Crippen LogP contribution in [0.4, 0.5) is 0 Å². The molecule has 0 atom stereocenters. The van der Waals surface area contributed by atoms with Gasteiger partial charge in [0.05, 0.1) is 6.33 Å². The molecule has 0 radical (unpaired) electrons. The van der Waals surface area contributed by atoms with Crippen LogP contribution < -0.4 is 0 Å². The minimum Gasteiger partial charge on any atom is -0.337 e. The number of imidazole rings is 1. The van der Waals surface area contributed by atoms with E-state index in [0.717, 1.165) is 18.7 Å². The lowest BCUT2D eigenvalue weighted by atomic mass is 10.2. The standard InChI is InChI=1S/C11H13N3/c1-10-2-4-13-11(8-10)3-6-14-7-5-12-9-14/h2,4-5,7-9H,3,6H2,1H3. The Kier molecular flexibility index (Phi) is 2.58. The molecule has 0 saturated carbocycles. The summed E-state index contributed by atoms with van der Waals surface area (Å²) in [5.41, 5.74) is 2.40. The van der Waals surface area contributed by atoms with Gasteiger partial charge in [-0.25, -0.2) is 4.98 Å². The van der Waals surface area contributed by atoms with E-state index in [9.17, 15) is 0 Å². The lowest BCUT2D eigenvalue weighted by Gasteiger charge is -2.02. The van der Waals surface area contributed by atoms with Crippen molar-refractivity contribution in [1.29, 1.82) is 0 Å². The normalized spacial score (nSPS) is 10.4. The number of nitrogens with zero attached hydrogens (tertiary/aromatic N) is 3. The first kappa shape index (κ1) is 8.94. The van der Waals surface area contributed by atoms with Crippen molar-refractivity contribution in [3.05, 3.63) is 48.3 Å². The lowest BCUT2D eigenvalue weighted by Crippen LogP contribution is -2.00. The van der Waals surface area contributed by atoms with E-state index in [-0.39, 0.29) is 0 Å². The second-order valence-corrected chi connectivity index (χ2v) is 3.38. The van der Waals surface area contributed by atoms with Gasteiger partial charge < -0.3 is 4.57 Å². The first-order chi connectivity index (χ1) is 6.84. The molecule has 72 valence electrons. The van der Waals surface area contributed by atoms with Gasteiger partial charge in [0.1, 0.15) is 0 Å². The molecule has 0 aliphatic carbocycles. The number of aromatic nitrogens is 3. The summed E-state index contributed by atoms with van der Waals surface area (Å²) in [6, 6.07) is 4.14. The van der Waals surface area contributed by atoms with E-state index < -0.39 is 0 Å². The minimum atomic E-state index is 0.941. The van der Waals surface area contributed by atoms with Gasteiger partial charge in [-0.05, 0) is 24.6 Å². The zero-order valence-electron chi connectivity index (χ0n) is 8.22. The molecule has 0 spiro atoms. The van der Waals surface area contributed by atoms with Gasteiger partial charge in [-0.3, -0.25) is 4.98 Å². The number of rotatable bonds is 3. The molecule has 0 unspecified atom stereocenters. The zero-order valence-corrected chi connectivity index (χ0v) is 8.22. The molecule has 2 aromatic rings. The highest BCUT2D eigenvalue weighted by atomic mass is 15.0. The van der Waals surface area contributed by atoms with Crippen molar-refractivity contribution < 1.29 is 0 Å². The Morgan fingerprint density at radius 2 is 2.29 bits per heavy atom. The summed E-state index contributed by atoms with van der Waals surface area (Å²) >= 11 is 0. The first-order valence-electron chi connectivity index (χ1n) is 4.72. The topological polar surface area (TPSA) is 30.7 Å². The minimum absolute atomic E-state index is 0.941. The molecule has 0 fully saturated rings. The van der Waals surface area contributed by atoms with Crippen LogP contribution in [0.1, 0.15) is 11.3 Å². The summed E-state index contributed by atoms with van der Waals surface area (Å²) in [4.78, 5) is 8.30. The summed E-state index contributed by atoms with van der Waals surface area (Å²) in [7, 11) is 0. The largest absolute Gasteiger partial charge is 0.337 e. The van der Waals surface area contributed by atoms with Crippen LogP contribution >= 0.6 is 0 Å². The third-order valence-corrected chi connectivity index (χ3v) is 2.16. The van der Waals surface area contributed by atoms with Crippen molar-refractivity contribution in [3.63, 3.8) is 0 Å². The SMILES string of the molecule is Cc1ccnc(CCn2ccnc2)c1. The van der Waals surface area contributed by atoms with Crippen LogP contribution in [0, 0.1) is 6.92 Å². The fourth-order valence-electron chi connectivity index (χ4n) is 1.40. The third kappa shape index (κ3) is 2.19. The maximum Gasteiger partial charge on any atom is 0.0946 e. The maximum absolute atomic E-state index is 4.31. The van der Waals surface area contributed by atoms with Gasteiger partial charge in [0.25, 0.3) is 0 Å². The summed E-state index contributed by atoms with van der Waals surface area (Å²) in [5, 5.41) is 0. The van der Waals surface area contributed by atoms with E-state index in [1.807, 2.05) is 24.8 Å². The van der Waals surface area contributed by atoms with E-state index in [4.69, 9.17) is 0 Å². The molecule has 0 aromatic carbocycles. The van der Waals surface area contributed by atoms with Gasteiger partial charge >= 0.3 is 0 Å². The molecule has 0 N–H and O–H groups in total. The fraction of sp³-hybridized carbons (Fsp3) is 0.273. The molecule has 0 aliphatic heterocycles. The molecule has 0 saturated heterocycles. The number of hydrogen-bond donors (Lipinski definition) is 0. The van der Waals surface area contributed by atoms with Gasteiger partial charge in [0.15, 0.2) is 0 Å². The van der Waals surface area contributed by atoms with Gasteiger partial charge in [0, 0.05) is 37.3 Å². The molecular formula is C11H13N3. The molecule has 14 heavy (non-hydrogen) atoms. The predicted molar refractivity (Wildman–Crippen MR) is 54.9 cm³/mol. The Morgan fingerprint density at radius 3 is 3.00 bits per heavy atom. The van der Waals surface area contributed by atoms with Crippen molar-refractivity contribution in [1.82, 2.24) is 14.5 Å². The second kappa shape index (κ2) is 4.05. The quantitative estimate of drug-likeness (QED) is 0.734. The predicted octanol–water partition coefficient (Wildman–Crippen LogP) is 1.83. The highest BCUT2D eigenvalue weighted by molar-refractivity contribution is 5.14. The summed E-state index contributed by atoms with van der Waals surface area (Å²) in [6.45, 7) is 3.03. The van der Waals surface area contributed by atoms with Gasteiger partial charge in [-0.15, -0.1) is 0 Å². The maximum atomic E-state index is 4.31. The van der Waals surface area contributed by atoms with Gasteiger partial charge in [-0.1, -0.05) is 0 Å². The van der Waals surface area contributed by atoms with E-state index in [0.29, 0.717) is 0 Å². The lowest BCUT2D eigenvalue weighted by molar-refractivity contribution is 0.684. The zero-order chi connectivity index (χ0) is 9.80. The monoisotopic (exact) mass is 187 g/mol. The molecule has 2 heterocycles. The van der Waals surface area contributed by atoms with Crippen LogP contribution in [0.25, 0.3) is 0 Å². The molecule has 0 bridgehead atoms. The van der Waals surface area contributed by atoms with Crippen molar-refractivity contribution >= 4 is 0 Å². The molecule has 2 aromatic heterocycles. The summed E-state index contributed by atoms with van der Waals surface area (Å²) in [6.07, 6.45) is 8.41. The van der Waals surface area contributed by atoms with E-state index in [2.05, 4.69) is 27.5 Å². The average molecular weight is 187 g/mol. The van der Waals surface area contributed by atoms with Crippen LogP contribution in [0.2, 0.25) is 0 Å². The molecule has 0 aliphatic rings. The van der Waals surface area contributed by atoms with Gasteiger partial charge in [0.2, 0.25) is 0 Å². The van der Waals surface area contributed by atoms with Crippen molar-refractivity contribution in [2.75, 3.05) is 0 Å². The fourth-order valence-corrected chi connectivity index (χ4v) is 1.40. The van der Waals surface area contributed by atoms with Crippen molar-refractivity contribution in [2.24, 2.45) is 0 Å². The van der Waals surface area contributed by atoms with Crippen LogP contribution in [0.3, 0.4) is 0 Å². The Morgan fingerprint density at radius 1 is 1.36 bits per heavy atom. The summed E-state index contributed by atoms with van der Waals surface area (Å²) in [5.74, 6) is 0. The van der Waals surface area contributed by atoms with Gasteiger partial charge in [-0.2, -0.15) is 0 Å². The van der Waals surface area contributed by atoms with E-state index in [1.165, 1.54) is 5.56 Å². The number of hydrogen-bond acceptors (Lipinski definition) is 2. The Balaban J connectivity index is 1.98. The Hall–Kier alpha value is -1.64. The van der Waals surface area contributed by atoms with Crippen molar-refractivity contribution in [2.45, 2.75) is 19.9 Å². The Labute approximate surface area is 83.4 Å². The smallest absolute Gasteiger partial charge is 0.0946 e. The molecule has 3 nitrogen and oxygen atoms in total.